The van der Waals surface area contributed by atoms with Crippen LogP contribution in [0.3, 0.4) is 0 Å². The average Bonchev–Trinajstić information content (AvgIpc) is 2.79. The summed E-state index contributed by atoms with van der Waals surface area (Å²) in [5, 5.41) is 1.78. The molecule has 0 radical (unpaired) electrons. The van der Waals surface area contributed by atoms with E-state index in [-0.39, 0.29) is 10.8 Å². The summed E-state index contributed by atoms with van der Waals surface area (Å²) < 4.78 is 29.0. The molecule has 0 unspecified atom stereocenters. The second kappa shape index (κ2) is 8.70. The minimum atomic E-state index is -3.85. The Bertz CT molecular complexity index is 1180. The third kappa shape index (κ3) is 4.18. The highest BCUT2D eigenvalue weighted by atomic mass is 32.2. The summed E-state index contributed by atoms with van der Waals surface area (Å²) in [7, 11) is -3.85. The molecule has 1 aliphatic rings. The third-order valence-corrected chi connectivity index (χ3v) is 7.55. The topological polar surface area (TPSA) is 66.5 Å². The van der Waals surface area contributed by atoms with Gasteiger partial charge < -0.3 is 4.90 Å². The van der Waals surface area contributed by atoms with Crippen LogP contribution in [0.1, 0.15) is 29.6 Å². The first kappa shape index (κ1) is 20.8. The van der Waals surface area contributed by atoms with Crippen molar-refractivity contribution in [2.75, 3.05) is 24.1 Å². The van der Waals surface area contributed by atoms with Crippen molar-refractivity contribution in [2.24, 2.45) is 0 Å². The fraction of sp³-hybridized carbons (Fsp3) is 0.261. The van der Waals surface area contributed by atoms with Crippen molar-refractivity contribution in [3.8, 4) is 0 Å². The zero-order valence-corrected chi connectivity index (χ0v) is 18.4. The van der Waals surface area contributed by atoms with Gasteiger partial charge in [0, 0.05) is 23.4 Å². The predicted octanol–water partition coefficient (Wildman–Crippen LogP) is 4.99. The van der Waals surface area contributed by atoms with Crippen LogP contribution in [0.15, 0.2) is 70.5 Å². The van der Waals surface area contributed by atoms with Gasteiger partial charge >= 0.3 is 0 Å². The highest BCUT2D eigenvalue weighted by Crippen LogP contribution is 2.29. The fourth-order valence-corrected chi connectivity index (χ4v) is 5.48. The van der Waals surface area contributed by atoms with Crippen molar-refractivity contribution < 1.29 is 13.2 Å². The molecule has 4 rings (SSSR count). The van der Waals surface area contributed by atoms with Gasteiger partial charge in [0.05, 0.1) is 16.1 Å². The van der Waals surface area contributed by atoms with E-state index in [1.165, 1.54) is 17.8 Å². The summed E-state index contributed by atoms with van der Waals surface area (Å²) in [6.07, 6.45) is 5.00. The Balaban J connectivity index is 1.69. The van der Waals surface area contributed by atoms with Gasteiger partial charge in [-0.05, 0) is 55.2 Å². The molecule has 0 bridgehead atoms. The molecule has 1 fully saturated rings. The van der Waals surface area contributed by atoms with Crippen molar-refractivity contribution in [1.29, 1.82) is 0 Å². The summed E-state index contributed by atoms with van der Waals surface area (Å²) in [6, 6.07) is 17.9. The van der Waals surface area contributed by atoms with Gasteiger partial charge in [-0.1, -0.05) is 36.4 Å². The number of fused-ring (bicyclic) bond motifs is 1. The maximum absolute atomic E-state index is 13.2. The molecule has 1 N–H and O–H groups in total. The molecule has 1 saturated heterocycles. The highest BCUT2D eigenvalue weighted by molar-refractivity contribution is 7.98. The van der Waals surface area contributed by atoms with E-state index >= 15 is 0 Å². The predicted molar refractivity (Wildman–Crippen MR) is 123 cm³/mol. The van der Waals surface area contributed by atoms with Gasteiger partial charge in [0.1, 0.15) is 0 Å². The lowest BCUT2D eigenvalue weighted by Gasteiger charge is -2.27. The molecule has 1 amide bonds. The molecule has 7 heteroatoms. The number of hydrogen-bond acceptors (Lipinski definition) is 4. The van der Waals surface area contributed by atoms with Crippen molar-refractivity contribution >= 4 is 44.2 Å². The number of hydrogen-bond donors (Lipinski definition) is 1. The van der Waals surface area contributed by atoms with Crippen molar-refractivity contribution in [2.45, 2.75) is 29.1 Å². The number of carbonyl (C=O) groups excluding carboxylic acids is 1. The minimum absolute atomic E-state index is 0.0913. The van der Waals surface area contributed by atoms with E-state index in [0.717, 1.165) is 48.0 Å². The number of rotatable bonds is 5. The standard InChI is InChI=1S/C23H24N2O3S2/c1-29-22-13-12-18(16-20(22)23(26)25-14-5-2-6-15-25)30(27,28)24-21-11-7-9-17-8-3-4-10-19(17)21/h3-4,7-13,16,24H,2,5-6,14-15H2,1H3. The zero-order valence-electron chi connectivity index (χ0n) is 16.8. The molecule has 0 atom stereocenters. The number of thioether (sulfide) groups is 1. The van der Waals surface area contributed by atoms with Crippen LogP contribution < -0.4 is 4.72 Å². The summed E-state index contributed by atoms with van der Waals surface area (Å²) in [6.45, 7) is 1.44. The average molecular weight is 441 g/mol. The van der Waals surface area contributed by atoms with E-state index in [0.29, 0.717) is 11.3 Å². The minimum Gasteiger partial charge on any atom is -0.339 e. The maximum atomic E-state index is 13.2. The van der Waals surface area contributed by atoms with Crippen LogP contribution in [-0.4, -0.2) is 38.6 Å². The second-order valence-corrected chi connectivity index (χ2v) is 9.88. The molecule has 0 aromatic heterocycles. The van der Waals surface area contributed by atoms with Gasteiger partial charge in [-0.3, -0.25) is 9.52 Å². The Morgan fingerprint density at radius 2 is 1.70 bits per heavy atom. The van der Waals surface area contributed by atoms with Gasteiger partial charge in [0.25, 0.3) is 15.9 Å². The summed E-state index contributed by atoms with van der Waals surface area (Å²) in [5.41, 5.74) is 0.969. The monoisotopic (exact) mass is 440 g/mol. The van der Waals surface area contributed by atoms with E-state index in [2.05, 4.69) is 4.72 Å². The van der Waals surface area contributed by atoms with Gasteiger partial charge in [-0.2, -0.15) is 0 Å². The Hall–Kier alpha value is -2.51. The van der Waals surface area contributed by atoms with E-state index in [1.54, 1.807) is 18.2 Å². The Labute approximate surface area is 181 Å². The molecule has 156 valence electrons. The number of amides is 1. The number of nitrogens with zero attached hydrogens (tertiary/aromatic N) is 1. The number of anilines is 1. The van der Waals surface area contributed by atoms with Gasteiger partial charge in [0.2, 0.25) is 0 Å². The lowest BCUT2D eigenvalue weighted by atomic mass is 10.1. The number of carbonyl (C=O) groups is 1. The molecule has 1 aliphatic heterocycles. The number of benzene rings is 3. The lowest BCUT2D eigenvalue weighted by molar-refractivity contribution is 0.0720. The normalized spacial score (nSPS) is 14.6. The van der Waals surface area contributed by atoms with Crippen molar-refractivity contribution in [1.82, 2.24) is 4.90 Å². The molecule has 0 spiro atoms. The maximum Gasteiger partial charge on any atom is 0.261 e. The van der Waals surface area contributed by atoms with Crippen LogP contribution >= 0.6 is 11.8 Å². The molecule has 3 aromatic carbocycles. The van der Waals surface area contributed by atoms with E-state index in [4.69, 9.17) is 0 Å². The van der Waals surface area contributed by atoms with Crippen LogP contribution in [0.5, 0.6) is 0 Å². The molecule has 1 heterocycles. The Kier molecular flexibility index (Phi) is 6.01. The lowest BCUT2D eigenvalue weighted by Crippen LogP contribution is -2.36. The first-order valence-electron chi connectivity index (χ1n) is 9.97. The first-order chi connectivity index (χ1) is 14.5. The van der Waals surface area contributed by atoms with Crippen LogP contribution in [0.25, 0.3) is 10.8 Å². The second-order valence-electron chi connectivity index (χ2n) is 7.35. The first-order valence-corrected chi connectivity index (χ1v) is 12.7. The fourth-order valence-electron chi connectivity index (χ4n) is 3.81. The summed E-state index contributed by atoms with van der Waals surface area (Å²) in [5.74, 6) is -0.0961. The SMILES string of the molecule is CSc1ccc(S(=O)(=O)Nc2cccc3ccccc23)cc1C(=O)N1CCCCC1. The van der Waals surface area contributed by atoms with Crippen LogP contribution in [0.2, 0.25) is 0 Å². The summed E-state index contributed by atoms with van der Waals surface area (Å²) in [4.78, 5) is 15.8. The smallest absolute Gasteiger partial charge is 0.261 e. The number of sulfonamides is 1. The van der Waals surface area contributed by atoms with E-state index < -0.39 is 10.0 Å². The largest absolute Gasteiger partial charge is 0.339 e. The molecule has 0 saturated carbocycles. The Morgan fingerprint density at radius 1 is 0.967 bits per heavy atom. The van der Waals surface area contributed by atoms with Crippen LogP contribution in [-0.2, 0) is 10.0 Å². The van der Waals surface area contributed by atoms with E-state index in [1.807, 2.05) is 47.6 Å². The molecule has 30 heavy (non-hydrogen) atoms. The van der Waals surface area contributed by atoms with Crippen LogP contribution in [0.4, 0.5) is 5.69 Å². The highest BCUT2D eigenvalue weighted by Gasteiger charge is 2.24. The molecule has 5 nitrogen and oxygen atoms in total. The molecular formula is C23H24N2O3S2. The molecule has 0 aliphatic carbocycles. The molecular weight excluding hydrogens is 416 g/mol. The quantitative estimate of drug-likeness (QED) is 0.568. The summed E-state index contributed by atoms with van der Waals surface area (Å²) >= 11 is 1.45. The molecule has 3 aromatic rings. The van der Waals surface area contributed by atoms with Gasteiger partial charge in [-0.25, -0.2) is 8.42 Å². The number of piperidine rings is 1. The number of likely N-dealkylation sites (tertiary alicyclic amines) is 1. The van der Waals surface area contributed by atoms with Gasteiger partial charge in [-0.15, -0.1) is 11.8 Å². The van der Waals surface area contributed by atoms with E-state index in [9.17, 15) is 13.2 Å². The van der Waals surface area contributed by atoms with Gasteiger partial charge in [0.15, 0.2) is 0 Å². The Morgan fingerprint density at radius 3 is 2.47 bits per heavy atom. The zero-order chi connectivity index (χ0) is 21.1. The van der Waals surface area contributed by atoms with Crippen molar-refractivity contribution in [3.63, 3.8) is 0 Å². The van der Waals surface area contributed by atoms with Crippen molar-refractivity contribution in [3.05, 3.63) is 66.2 Å². The third-order valence-electron chi connectivity index (χ3n) is 5.39. The van der Waals surface area contributed by atoms with Crippen LogP contribution in [0, 0.1) is 0 Å². The number of nitrogens with one attached hydrogen (secondary N) is 1.